The Hall–Kier alpha value is -2.43. The molecule has 0 aliphatic rings. The molecule has 19 heavy (non-hydrogen) atoms. The highest BCUT2D eigenvalue weighted by Gasteiger charge is 2.10. The van der Waals surface area contributed by atoms with Crippen molar-refractivity contribution in [1.29, 1.82) is 0 Å². The predicted molar refractivity (Wildman–Crippen MR) is 71.9 cm³/mol. The molecule has 1 aromatic carbocycles. The van der Waals surface area contributed by atoms with Crippen LogP contribution in [0.5, 0.6) is 5.88 Å². The number of aryl methyl sites for hydroxylation is 1. The first-order chi connectivity index (χ1) is 9.28. The van der Waals surface area contributed by atoms with E-state index in [2.05, 4.69) is 22.0 Å². The molecule has 3 aromatic rings. The standard InChI is InChI=1S/C14H14N4O/c1-2-6-12-16-14-15-11(9-13(19)18(14)17-12)10-7-4-3-5-8-10/h3-5,7-9,19H,2,6H2,1H3. The Kier molecular flexibility index (Phi) is 2.87. The third-order valence-corrected chi connectivity index (χ3v) is 2.88. The highest BCUT2D eigenvalue weighted by Crippen LogP contribution is 2.21. The van der Waals surface area contributed by atoms with Crippen LogP contribution in [0.15, 0.2) is 36.4 Å². The number of rotatable bonds is 3. The molecular formula is C14H14N4O. The second kappa shape index (κ2) is 4.68. The molecule has 0 spiro atoms. The van der Waals surface area contributed by atoms with E-state index in [0.29, 0.717) is 17.3 Å². The maximum atomic E-state index is 10.0. The zero-order chi connectivity index (χ0) is 13.2. The average Bonchev–Trinajstić information content (AvgIpc) is 2.83. The van der Waals surface area contributed by atoms with E-state index >= 15 is 0 Å². The third-order valence-electron chi connectivity index (χ3n) is 2.88. The van der Waals surface area contributed by atoms with E-state index in [1.54, 1.807) is 6.07 Å². The van der Waals surface area contributed by atoms with Crippen LogP contribution in [-0.4, -0.2) is 24.7 Å². The van der Waals surface area contributed by atoms with Gasteiger partial charge in [-0.25, -0.2) is 4.98 Å². The number of hydrogen-bond donors (Lipinski definition) is 1. The van der Waals surface area contributed by atoms with Crippen LogP contribution in [0.2, 0.25) is 0 Å². The summed E-state index contributed by atoms with van der Waals surface area (Å²) < 4.78 is 1.37. The summed E-state index contributed by atoms with van der Waals surface area (Å²) in [5, 5.41) is 14.2. The van der Waals surface area contributed by atoms with Crippen LogP contribution in [-0.2, 0) is 6.42 Å². The molecule has 0 unspecified atom stereocenters. The van der Waals surface area contributed by atoms with Crippen LogP contribution in [0.1, 0.15) is 19.2 Å². The maximum Gasteiger partial charge on any atom is 0.256 e. The summed E-state index contributed by atoms with van der Waals surface area (Å²) in [4.78, 5) is 8.77. The van der Waals surface area contributed by atoms with E-state index in [1.165, 1.54) is 4.52 Å². The van der Waals surface area contributed by atoms with E-state index < -0.39 is 0 Å². The fourth-order valence-corrected chi connectivity index (χ4v) is 1.98. The fraction of sp³-hybridized carbons (Fsp3) is 0.214. The lowest BCUT2D eigenvalue weighted by atomic mass is 10.1. The lowest BCUT2D eigenvalue weighted by Crippen LogP contribution is -1.94. The maximum absolute atomic E-state index is 10.0. The van der Waals surface area contributed by atoms with Gasteiger partial charge in [0.25, 0.3) is 5.78 Å². The number of aromatic hydroxyl groups is 1. The molecule has 0 radical (unpaired) electrons. The normalized spacial score (nSPS) is 11.0. The van der Waals surface area contributed by atoms with Gasteiger partial charge >= 0.3 is 0 Å². The molecular weight excluding hydrogens is 240 g/mol. The second-order valence-electron chi connectivity index (χ2n) is 4.36. The van der Waals surface area contributed by atoms with Crippen LogP contribution in [0.25, 0.3) is 17.0 Å². The Morgan fingerprint density at radius 1 is 1.16 bits per heavy atom. The second-order valence-corrected chi connectivity index (χ2v) is 4.36. The van der Waals surface area contributed by atoms with Crippen molar-refractivity contribution in [3.05, 3.63) is 42.2 Å². The van der Waals surface area contributed by atoms with Gasteiger partial charge in [-0.2, -0.15) is 9.50 Å². The van der Waals surface area contributed by atoms with Gasteiger partial charge in [0.05, 0.1) is 5.69 Å². The third kappa shape index (κ3) is 2.14. The summed E-state index contributed by atoms with van der Waals surface area (Å²) in [6.07, 6.45) is 1.74. The monoisotopic (exact) mass is 254 g/mol. The summed E-state index contributed by atoms with van der Waals surface area (Å²) in [6, 6.07) is 11.3. The molecule has 96 valence electrons. The lowest BCUT2D eigenvalue weighted by Gasteiger charge is -2.02. The number of benzene rings is 1. The summed E-state index contributed by atoms with van der Waals surface area (Å²) in [7, 11) is 0. The number of aromatic nitrogens is 4. The van der Waals surface area contributed by atoms with E-state index in [4.69, 9.17) is 0 Å². The molecule has 0 amide bonds. The van der Waals surface area contributed by atoms with Crippen LogP contribution in [0.4, 0.5) is 0 Å². The summed E-state index contributed by atoms with van der Waals surface area (Å²) in [5.41, 5.74) is 1.64. The van der Waals surface area contributed by atoms with Gasteiger partial charge in [-0.1, -0.05) is 37.3 Å². The molecule has 0 bridgehead atoms. The van der Waals surface area contributed by atoms with Gasteiger partial charge < -0.3 is 5.11 Å². The van der Waals surface area contributed by atoms with E-state index in [-0.39, 0.29) is 5.88 Å². The van der Waals surface area contributed by atoms with Crippen LogP contribution in [0, 0.1) is 0 Å². The zero-order valence-corrected chi connectivity index (χ0v) is 10.6. The number of hydrogen-bond acceptors (Lipinski definition) is 4. The van der Waals surface area contributed by atoms with Gasteiger partial charge in [-0.3, -0.25) is 0 Å². The highest BCUT2D eigenvalue weighted by atomic mass is 16.3. The molecule has 0 fully saturated rings. The quantitative estimate of drug-likeness (QED) is 0.779. The first-order valence-corrected chi connectivity index (χ1v) is 6.29. The predicted octanol–water partition coefficient (Wildman–Crippen LogP) is 2.45. The molecule has 2 aromatic heterocycles. The van der Waals surface area contributed by atoms with Crippen LogP contribution >= 0.6 is 0 Å². The van der Waals surface area contributed by atoms with Crippen molar-refractivity contribution in [2.75, 3.05) is 0 Å². The summed E-state index contributed by atoms with van der Waals surface area (Å²) in [6.45, 7) is 2.06. The van der Waals surface area contributed by atoms with Crippen molar-refractivity contribution in [2.24, 2.45) is 0 Å². The van der Waals surface area contributed by atoms with Gasteiger partial charge in [-0.05, 0) is 6.42 Å². The number of fused-ring (bicyclic) bond motifs is 1. The highest BCUT2D eigenvalue weighted by molar-refractivity contribution is 5.62. The van der Waals surface area contributed by atoms with Crippen molar-refractivity contribution in [1.82, 2.24) is 19.6 Å². The van der Waals surface area contributed by atoms with Crippen molar-refractivity contribution >= 4 is 5.78 Å². The van der Waals surface area contributed by atoms with Gasteiger partial charge in [0, 0.05) is 18.1 Å². The average molecular weight is 254 g/mol. The molecule has 2 heterocycles. The Balaban J connectivity index is 2.13. The van der Waals surface area contributed by atoms with E-state index in [9.17, 15) is 5.11 Å². The minimum Gasteiger partial charge on any atom is -0.493 e. The Morgan fingerprint density at radius 2 is 1.95 bits per heavy atom. The lowest BCUT2D eigenvalue weighted by molar-refractivity contribution is 0.435. The first-order valence-electron chi connectivity index (χ1n) is 6.29. The molecule has 0 atom stereocenters. The summed E-state index contributed by atoms with van der Waals surface area (Å²) >= 11 is 0. The molecule has 0 aliphatic carbocycles. The Labute approximate surface area is 110 Å². The first kappa shape index (κ1) is 11.6. The molecule has 3 rings (SSSR count). The van der Waals surface area contributed by atoms with Gasteiger partial charge in [-0.15, -0.1) is 5.10 Å². The topological polar surface area (TPSA) is 63.3 Å². The SMILES string of the molecule is CCCc1nc2nc(-c3ccccc3)cc(O)n2n1. The summed E-state index contributed by atoms with van der Waals surface area (Å²) in [5.74, 6) is 1.19. The fourth-order valence-electron chi connectivity index (χ4n) is 1.98. The Bertz CT molecular complexity index is 706. The van der Waals surface area contributed by atoms with Crippen LogP contribution < -0.4 is 0 Å². The molecule has 5 heteroatoms. The molecule has 1 N–H and O–H groups in total. The molecule has 0 saturated carbocycles. The van der Waals surface area contributed by atoms with E-state index in [0.717, 1.165) is 18.4 Å². The minimum atomic E-state index is 0.0544. The zero-order valence-electron chi connectivity index (χ0n) is 10.6. The molecule has 0 aliphatic heterocycles. The van der Waals surface area contributed by atoms with Crippen molar-refractivity contribution in [3.63, 3.8) is 0 Å². The van der Waals surface area contributed by atoms with Gasteiger partial charge in [0.1, 0.15) is 0 Å². The largest absolute Gasteiger partial charge is 0.493 e. The van der Waals surface area contributed by atoms with Crippen molar-refractivity contribution in [3.8, 4) is 17.1 Å². The van der Waals surface area contributed by atoms with Gasteiger partial charge in [0.15, 0.2) is 5.82 Å². The van der Waals surface area contributed by atoms with Crippen molar-refractivity contribution < 1.29 is 5.11 Å². The smallest absolute Gasteiger partial charge is 0.256 e. The minimum absolute atomic E-state index is 0.0544. The van der Waals surface area contributed by atoms with Crippen LogP contribution in [0.3, 0.4) is 0 Å². The molecule has 0 saturated heterocycles. The molecule has 5 nitrogen and oxygen atoms in total. The number of nitrogens with zero attached hydrogens (tertiary/aromatic N) is 4. The van der Waals surface area contributed by atoms with E-state index in [1.807, 2.05) is 30.3 Å². The van der Waals surface area contributed by atoms with Gasteiger partial charge in [0.2, 0.25) is 5.88 Å². The van der Waals surface area contributed by atoms with Crippen molar-refractivity contribution in [2.45, 2.75) is 19.8 Å². The Morgan fingerprint density at radius 3 is 2.68 bits per heavy atom.